The summed E-state index contributed by atoms with van der Waals surface area (Å²) in [7, 11) is 1.94. The van der Waals surface area contributed by atoms with Gasteiger partial charge in [0.1, 0.15) is 11.2 Å². The molecular formula is C28H27N9O. The van der Waals surface area contributed by atoms with Gasteiger partial charge in [-0.1, -0.05) is 12.5 Å². The minimum Gasteiger partial charge on any atom is -0.347 e. The molecule has 1 fully saturated rings. The van der Waals surface area contributed by atoms with Crippen LogP contribution in [0.4, 0.5) is 11.4 Å². The number of hydrogen-bond acceptors (Lipinski definition) is 7. The first-order chi connectivity index (χ1) is 18.5. The van der Waals surface area contributed by atoms with Crippen molar-refractivity contribution in [2.45, 2.75) is 26.2 Å². The number of hydrogen-bond donors (Lipinski definition) is 3. The normalized spacial score (nSPS) is 14.0. The van der Waals surface area contributed by atoms with Crippen molar-refractivity contribution in [3.8, 4) is 22.6 Å². The lowest BCUT2D eigenvalue weighted by molar-refractivity contribution is -0.122. The van der Waals surface area contributed by atoms with Crippen LogP contribution in [0.3, 0.4) is 0 Å². The number of H-pyrrole nitrogens is 2. The van der Waals surface area contributed by atoms with Crippen LogP contribution < -0.4 is 10.2 Å². The zero-order valence-electron chi connectivity index (χ0n) is 21.2. The van der Waals surface area contributed by atoms with Crippen LogP contribution in [-0.4, -0.2) is 49.8 Å². The van der Waals surface area contributed by atoms with Crippen molar-refractivity contribution in [1.29, 1.82) is 0 Å². The van der Waals surface area contributed by atoms with Crippen molar-refractivity contribution in [1.82, 2.24) is 30.1 Å². The molecule has 1 amide bonds. The largest absolute Gasteiger partial charge is 0.347 e. The molecule has 6 rings (SSSR count). The monoisotopic (exact) mass is 505 g/mol. The van der Waals surface area contributed by atoms with Gasteiger partial charge in [-0.2, -0.15) is 5.10 Å². The number of rotatable bonds is 7. The number of imidazole rings is 1. The number of pyridine rings is 2. The number of anilines is 2. The van der Waals surface area contributed by atoms with Crippen LogP contribution in [0.2, 0.25) is 0 Å². The number of aromatic nitrogens is 6. The first-order valence-electron chi connectivity index (χ1n) is 12.5. The summed E-state index contributed by atoms with van der Waals surface area (Å²) in [6, 6.07) is 9.91. The molecule has 5 aromatic rings. The number of aromatic amines is 2. The molecular weight excluding hydrogens is 478 g/mol. The second-order valence-corrected chi connectivity index (χ2v) is 9.57. The summed E-state index contributed by atoms with van der Waals surface area (Å²) in [5.41, 5.74) is 7.22. The number of nitrogens with one attached hydrogen (secondary N) is 3. The van der Waals surface area contributed by atoms with Crippen LogP contribution in [0.5, 0.6) is 0 Å². The maximum absolute atomic E-state index is 12.4. The van der Waals surface area contributed by atoms with Gasteiger partial charge in [0.15, 0.2) is 11.5 Å². The van der Waals surface area contributed by atoms with E-state index in [1.165, 1.54) is 0 Å². The van der Waals surface area contributed by atoms with Crippen LogP contribution in [0.1, 0.15) is 26.2 Å². The minimum absolute atomic E-state index is 0.0673. The first kappa shape index (κ1) is 23.5. The molecule has 10 heteroatoms. The lowest BCUT2D eigenvalue weighted by atomic mass is 9.85. The van der Waals surface area contributed by atoms with Gasteiger partial charge in [0, 0.05) is 42.5 Å². The minimum atomic E-state index is 0.0673. The van der Waals surface area contributed by atoms with Gasteiger partial charge >= 0.3 is 0 Å². The molecule has 1 aliphatic rings. The summed E-state index contributed by atoms with van der Waals surface area (Å²) in [4.78, 5) is 35.3. The summed E-state index contributed by atoms with van der Waals surface area (Å²) in [5, 5.41) is 11.6. The second-order valence-electron chi connectivity index (χ2n) is 9.57. The van der Waals surface area contributed by atoms with Crippen LogP contribution in [-0.2, 0) is 4.79 Å². The highest BCUT2D eigenvalue weighted by molar-refractivity contribution is 5.97. The molecule has 190 valence electrons. The predicted octanol–water partition coefficient (Wildman–Crippen LogP) is 5.30. The highest BCUT2D eigenvalue weighted by Crippen LogP contribution is 2.33. The van der Waals surface area contributed by atoms with Gasteiger partial charge in [-0.25, -0.2) is 9.97 Å². The Kier molecular flexibility index (Phi) is 5.91. The molecule has 1 saturated carbocycles. The maximum Gasteiger partial charge on any atom is 0.227 e. The Hall–Kier alpha value is -4.86. The number of allylic oxidation sites excluding steroid dienone is 1. The van der Waals surface area contributed by atoms with Crippen molar-refractivity contribution in [2.75, 3.05) is 17.3 Å². The van der Waals surface area contributed by atoms with E-state index in [1.54, 1.807) is 18.6 Å². The Balaban J connectivity index is 1.36. The molecule has 1 aromatic carbocycles. The summed E-state index contributed by atoms with van der Waals surface area (Å²) in [5.74, 6) is 0.789. The average Bonchev–Trinajstić information content (AvgIpc) is 3.51. The molecule has 3 N–H and O–H groups in total. The van der Waals surface area contributed by atoms with Gasteiger partial charge in [-0.05, 0) is 56.3 Å². The molecule has 0 saturated heterocycles. The van der Waals surface area contributed by atoms with Gasteiger partial charge in [0.05, 0.1) is 28.8 Å². The fraction of sp³-hybridized carbons (Fsp3) is 0.214. The smallest absolute Gasteiger partial charge is 0.227 e. The molecule has 1 aliphatic carbocycles. The van der Waals surface area contributed by atoms with Gasteiger partial charge < -0.3 is 15.2 Å². The van der Waals surface area contributed by atoms with Crippen molar-refractivity contribution >= 4 is 46.1 Å². The molecule has 0 bridgehead atoms. The maximum atomic E-state index is 12.4. The van der Waals surface area contributed by atoms with Crippen LogP contribution in [0.25, 0.3) is 44.7 Å². The second kappa shape index (κ2) is 9.55. The van der Waals surface area contributed by atoms with Gasteiger partial charge in [-0.3, -0.25) is 19.9 Å². The molecule has 38 heavy (non-hydrogen) atoms. The topological polar surface area (TPSA) is 128 Å². The van der Waals surface area contributed by atoms with Gasteiger partial charge in [-0.15, -0.1) is 0 Å². The molecule has 0 atom stereocenters. The van der Waals surface area contributed by atoms with E-state index in [1.807, 2.05) is 49.3 Å². The first-order valence-corrected chi connectivity index (χ1v) is 12.5. The highest BCUT2D eigenvalue weighted by Gasteiger charge is 2.25. The Morgan fingerprint density at radius 2 is 2.08 bits per heavy atom. The van der Waals surface area contributed by atoms with Gasteiger partial charge in [0.2, 0.25) is 5.91 Å². The number of amides is 1. The van der Waals surface area contributed by atoms with Crippen LogP contribution >= 0.6 is 0 Å². The predicted molar refractivity (Wildman–Crippen MR) is 150 cm³/mol. The fourth-order valence-electron chi connectivity index (χ4n) is 4.65. The number of carbonyl (C=O) groups excluding carboxylic acids is 1. The van der Waals surface area contributed by atoms with E-state index < -0.39 is 0 Å². The van der Waals surface area contributed by atoms with Gasteiger partial charge in [0.25, 0.3) is 0 Å². The lowest BCUT2D eigenvalue weighted by Crippen LogP contribution is -2.28. The fourth-order valence-corrected chi connectivity index (χ4v) is 4.65. The quantitative estimate of drug-likeness (QED) is 0.258. The van der Waals surface area contributed by atoms with E-state index in [4.69, 9.17) is 4.98 Å². The Labute approximate surface area is 218 Å². The third kappa shape index (κ3) is 4.30. The third-order valence-electron chi connectivity index (χ3n) is 6.98. The Morgan fingerprint density at radius 1 is 1.21 bits per heavy atom. The average molecular weight is 506 g/mol. The number of nitrogens with zero attached hydrogens (tertiary/aromatic N) is 6. The third-order valence-corrected chi connectivity index (χ3v) is 6.98. The zero-order chi connectivity index (χ0) is 26.2. The van der Waals surface area contributed by atoms with Crippen LogP contribution in [0, 0.1) is 5.92 Å². The summed E-state index contributed by atoms with van der Waals surface area (Å²) in [6.07, 6.45) is 10.1. The van der Waals surface area contributed by atoms with E-state index >= 15 is 0 Å². The molecule has 0 unspecified atom stereocenters. The molecule has 4 aromatic heterocycles. The van der Waals surface area contributed by atoms with Crippen molar-refractivity contribution in [3.05, 3.63) is 60.8 Å². The van der Waals surface area contributed by atoms with Crippen molar-refractivity contribution in [2.24, 2.45) is 10.9 Å². The number of benzene rings is 1. The molecule has 0 radical (unpaired) electrons. The van der Waals surface area contributed by atoms with E-state index in [0.717, 1.165) is 58.2 Å². The van der Waals surface area contributed by atoms with Crippen molar-refractivity contribution in [3.63, 3.8) is 0 Å². The van der Waals surface area contributed by atoms with Crippen LogP contribution in [0.15, 0.2) is 65.8 Å². The summed E-state index contributed by atoms with van der Waals surface area (Å²) in [6.45, 7) is 5.47. The van der Waals surface area contributed by atoms with E-state index in [9.17, 15) is 4.79 Å². The van der Waals surface area contributed by atoms with E-state index in [-0.39, 0.29) is 11.8 Å². The molecule has 0 aliphatic heterocycles. The summed E-state index contributed by atoms with van der Waals surface area (Å²) >= 11 is 0. The molecule has 0 spiro atoms. The number of fused-ring (bicyclic) bond motifs is 2. The Bertz CT molecular complexity index is 1710. The summed E-state index contributed by atoms with van der Waals surface area (Å²) < 4.78 is 0. The van der Waals surface area contributed by atoms with E-state index in [2.05, 4.69) is 48.2 Å². The standard InChI is InChI=1S/C28H27N9O/c1-16(29-2)15-37(3)23-9-10-31-26-25(23)33-27(34-26)24-21-12-18(7-8-22(21)35-36-24)19-11-20(14-30-13-19)32-28(38)17-5-4-6-17/h7-15,17H,2,4-6H2,1,3H3,(H,32,38)(H,35,36)(H,31,33,34)/b16-15-. The lowest BCUT2D eigenvalue weighted by Gasteiger charge is -2.24. The number of carbonyl (C=O) groups is 1. The number of aliphatic imine (C=N–C) groups is 1. The van der Waals surface area contributed by atoms with Crippen molar-refractivity contribution < 1.29 is 4.79 Å². The molecule has 10 nitrogen and oxygen atoms in total. The van der Waals surface area contributed by atoms with E-state index in [0.29, 0.717) is 22.9 Å². The zero-order valence-corrected chi connectivity index (χ0v) is 21.2. The highest BCUT2D eigenvalue weighted by atomic mass is 16.1. The Morgan fingerprint density at radius 3 is 2.87 bits per heavy atom. The molecule has 4 heterocycles. The SMILES string of the molecule is C=N/C(C)=C\N(C)c1ccnc2nc(-c3n[nH]c4ccc(-c5cncc(NC(=O)C6CCC6)c5)cc34)[nH]c12.